The summed E-state index contributed by atoms with van der Waals surface area (Å²) in [6, 6.07) is 14.7. The molecule has 126 valence electrons. The molecule has 3 heterocycles. The maximum absolute atomic E-state index is 13.2. The second kappa shape index (κ2) is 5.85. The van der Waals surface area contributed by atoms with Crippen molar-refractivity contribution in [3.05, 3.63) is 64.0 Å². The zero-order chi connectivity index (χ0) is 16.8. The van der Waals surface area contributed by atoms with Gasteiger partial charge in [0.1, 0.15) is 5.69 Å². The van der Waals surface area contributed by atoms with E-state index in [1.54, 1.807) is 11.3 Å². The Balaban J connectivity index is 1.68. The van der Waals surface area contributed by atoms with Crippen molar-refractivity contribution in [1.29, 1.82) is 0 Å². The average molecular weight is 349 g/mol. The third-order valence-electron chi connectivity index (χ3n) is 5.38. The summed E-state index contributed by atoms with van der Waals surface area (Å²) in [4.78, 5) is 16.5. The number of hydrogen-bond donors (Lipinski definition) is 1. The van der Waals surface area contributed by atoms with Gasteiger partial charge in [-0.1, -0.05) is 49.2 Å². The van der Waals surface area contributed by atoms with Crippen LogP contribution in [0.3, 0.4) is 0 Å². The summed E-state index contributed by atoms with van der Waals surface area (Å²) in [6.45, 7) is 0. The number of amides is 1. The highest BCUT2D eigenvalue weighted by atomic mass is 32.1. The van der Waals surface area contributed by atoms with Gasteiger partial charge in [-0.3, -0.25) is 9.89 Å². The van der Waals surface area contributed by atoms with Gasteiger partial charge in [0.25, 0.3) is 5.91 Å². The van der Waals surface area contributed by atoms with Crippen LogP contribution in [-0.4, -0.2) is 27.0 Å². The molecule has 1 aromatic carbocycles. The Morgan fingerprint density at radius 3 is 2.60 bits per heavy atom. The number of carbonyl (C=O) groups excluding carboxylic acids is 1. The van der Waals surface area contributed by atoms with E-state index < -0.39 is 0 Å². The Bertz CT molecular complexity index is 894. The third kappa shape index (κ3) is 2.26. The van der Waals surface area contributed by atoms with E-state index >= 15 is 0 Å². The van der Waals surface area contributed by atoms with Crippen LogP contribution >= 0.6 is 11.3 Å². The summed E-state index contributed by atoms with van der Waals surface area (Å²) in [7, 11) is 0. The largest absolute Gasteiger partial charge is 0.322 e. The number of carbonyl (C=O) groups is 1. The number of fused-ring (bicyclic) bond motifs is 1. The van der Waals surface area contributed by atoms with Gasteiger partial charge in [-0.05, 0) is 24.3 Å². The molecular formula is C20H19N3OS. The first-order chi connectivity index (χ1) is 12.3. The van der Waals surface area contributed by atoms with Crippen molar-refractivity contribution in [2.45, 2.75) is 37.8 Å². The minimum Gasteiger partial charge on any atom is -0.322 e. The molecule has 0 bridgehead atoms. The average Bonchev–Trinajstić information content (AvgIpc) is 3.42. The van der Waals surface area contributed by atoms with Gasteiger partial charge in [-0.2, -0.15) is 5.10 Å². The van der Waals surface area contributed by atoms with Crippen LogP contribution < -0.4 is 0 Å². The first-order valence-electron chi connectivity index (χ1n) is 8.84. The minimum absolute atomic E-state index is 0.0143. The van der Waals surface area contributed by atoms with Crippen molar-refractivity contribution < 1.29 is 4.79 Å². The number of aromatic amines is 1. The van der Waals surface area contributed by atoms with Crippen LogP contribution in [0.25, 0.3) is 11.3 Å². The molecule has 5 heteroatoms. The molecule has 5 rings (SSSR count). The fraction of sp³-hybridized carbons (Fsp3) is 0.300. The van der Waals surface area contributed by atoms with Crippen LogP contribution in [-0.2, 0) is 0 Å². The molecule has 0 spiro atoms. The summed E-state index contributed by atoms with van der Waals surface area (Å²) >= 11 is 1.72. The van der Waals surface area contributed by atoms with Crippen molar-refractivity contribution in [3.63, 3.8) is 0 Å². The standard InChI is InChI=1S/C20H19N3OS/c24-20-18-16(17(21-22-18)13-7-2-1-3-8-13)19(15-11-6-12-25-15)23(20)14-9-4-5-10-14/h1-3,6-8,11-12,14,19H,4-5,9-10H2,(H,21,22). The molecule has 1 unspecified atom stereocenters. The van der Waals surface area contributed by atoms with Crippen molar-refractivity contribution in [1.82, 2.24) is 15.1 Å². The SMILES string of the molecule is O=C1c2[nH]nc(-c3ccccc3)c2C(c2cccs2)N1C1CCCC1. The number of benzene rings is 1. The smallest absolute Gasteiger partial charge is 0.273 e. The molecule has 1 saturated carbocycles. The predicted octanol–water partition coefficient (Wildman–Crippen LogP) is 4.63. The van der Waals surface area contributed by atoms with Gasteiger partial charge in [0, 0.05) is 22.0 Å². The molecular weight excluding hydrogens is 330 g/mol. The highest BCUT2D eigenvalue weighted by Gasteiger charge is 2.46. The second-order valence-electron chi connectivity index (χ2n) is 6.80. The van der Waals surface area contributed by atoms with Crippen LogP contribution in [0.5, 0.6) is 0 Å². The summed E-state index contributed by atoms with van der Waals surface area (Å²) in [6.07, 6.45) is 4.63. The molecule has 1 amide bonds. The molecule has 25 heavy (non-hydrogen) atoms. The van der Waals surface area contributed by atoms with Crippen LogP contribution in [0.15, 0.2) is 47.8 Å². The first kappa shape index (κ1) is 14.9. The summed E-state index contributed by atoms with van der Waals surface area (Å²) in [5.74, 6) is 0.106. The number of H-pyrrole nitrogens is 1. The van der Waals surface area contributed by atoms with Crippen molar-refractivity contribution in [2.24, 2.45) is 0 Å². The normalized spacial score (nSPS) is 20.4. The van der Waals surface area contributed by atoms with E-state index in [1.165, 1.54) is 17.7 Å². The van der Waals surface area contributed by atoms with Gasteiger partial charge < -0.3 is 4.90 Å². The Morgan fingerprint density at radius 1 is 1.08 bits per heavy atom. The molecule has 3 aromatic rings. The van der Waals surface area contributed by atoms with Gasteiger partial charge in [0.2, 0.25) is 0 Å². The van der Waals surface area contributed by atoms with Gasteiger partial charge >= 0.3 is 0 Å². The fourth-order valence-electron chi connectivity index (χ4n) is 4.27. The summed E-state index contributed by atoms with van der Waals surface area (Å²) in [5, 5.41) is 9.65. The van der Waals surface area contributed by atoms with Gasteiger partial charge in [0.15, 0.2) is 0 Å². The molecule has 1 aliphatic heterocycles. The minimum atomic E-state index is -0.0143. The van der Waals surface area contributed by atoms with Gasteiger partial charge in [-0.15, -0.1) is 11.3 Å². The Labute approximate surface area is 150 Å². The monoisotopic (exact) mass is 349 g/mol. The highest BCUT2D eigenvalue weighted by molar-refractivity contribution is 7.10. The van der Waals surface area contributed by atoms with E-state index in [0.29, 0.717) is 11.7 Å². The topological polar surface area (TPSA) is 49.0 Å². The number of nitrogens with zero attached hydrogens (tertiary/aromatic N) is 2. The van der Waals surface area contributed by atoms with Crippen molar-refractivity contribution in [3.8, 4) is 11.3 Å². The summed E-state index contributed by atoms with van der Waals surface area (Å²) in [5.41, 5.74) is 3.68. The summed E-state index contributed by atoms with van der Waals surface area (Å²) < 4.78 is 0. The van der Waals surface area contributed by atoms with Crippen LogP contribution in [0.2, 0.25) is 0 Å². The maximum atomic E-state index is 13.2. The van der Waals surface area contributed by atoms with E-state index in [0.717, 1.165) is 29.7 Å². The number of nitrogens with one attached hydrogen (secondary N) is 1. The van der Waals surface area contributed by atoms with E-state index in [9.17, 15) is 4.79 Å². The van der Waals surface area contributed by atoms with E-state index in [1.807, 2.05) is 18.2 Å². The van der Waals surface area contributed by atoms with Crippen LogP contribution in [0.4, 0.5) is 0 Å². The second-order valence-corrected chi connectivity index (χ2v) is 7.77. The quantitative estimate of drug-likeness (QED) is 0.750. The number of hydrogen-bond acceptors (Lipinski definition) is 3. The fourth-order valence-corrected chi connectivity index (χ4v) is 5.10. The molecule has 1 fully saturated rings. The van der Waals surface area contributed by atoms with E-state index in [2.05, 4.69) is 44.7 Å². The van der Waals surface area contributed by atoms with E-state index in [4.69, 9.17) is 0 Å². The van der Waals surface area contributed by atoms with Gasteiger partial charge in [0.05, 0.1) is 11.7 Å². The lowest BCUT2D eigenvalue weighted by Crippen LogP contribution is -2.37. The number of aromatic nitrogens is 2. The van der Waals surface area contributed by atoms with Crippen LogP contribution in [0.1, 0.15) is 52.7 Å². The third-order valence-corrected chi connectivity index (χ3v) is 6.31. The molecule has 2 aliphatic rings. The van der Waals surface area contributed by atoms with E-state index in [-0.39, 0.29) is 11.9 Å². The number of rotatable bonds is 3. The first-order valence-corrected chi connectivity index (χ1v) is 9.72. The lowest BCUT2D eigenvalue weighted by molar-refractivity contribution is 0.0663. The molecule has 4 nitrogen and oxygen atoms in total. The van der Waals surface area contributed by atoms with Gasteiger partial charge in [-0.25, -0.2) is 0 Å². The maximum Gasteiger partial charge on any atom is 0.273 e. The zero-order valence-electron chi connectivity index (χ0n) is 13.8. The Morgan fingerprint density at radius 2 is 1.88 bits per heavy atom. The van der Waals surface area contributed by atoms with Crippen LogP contribution in [0, 0.1) is 0 Å². The van der Waals surface area contributed by atoms with Crippen molar-refractivity contribution >= 4 is 17.2 Å². The molecule has 1 aliphatic carbocycles. The lowest BCUT2D eigenvalue weighted by atomic mass is 10.00. The highest BCUT2D eigenvalue weighted by Crippen LogP contribution is 2.46. The predicted molar refractivity (Wildman–Crippen MR) is 98.6 cm³/mol. The number of thiophene rings is 1. The molecule has 1 N–H and O–H groups in total. The molecule has 0 saturated heterocycles. The zero-order valence-corrected chi connectivity index (χ0v) is 14.6. The molecule has 2 aromatic heterocycles. The molecule has 0 radical (unpaired) electrons. The van der Waals surface area contributed by atoms with Crippen molar-refractivity contribution in [2.75, 3.05) is 0 Å². The lowest BCUT2D eigenvalue weighted by Gasteiger charge is -2.31. The Hall–Kier alpha value is -2.40. The Kier molecular flexibility index (Phi) is 3.48. The molecule has 1 atom stereocenters.